The smallest absolute Gasteiger partial charge is 0.305 e. The molecule has 0 amide bonds. The van der Waals surface area contributed by atoms with E-state index in [4.69, 9.17) is 9.47 Å². The molecule has 0 aliphatic carbocycles. The summed E-state index contributed by atoms with van der Waals surface area (Å²) in [6.45, 7) is 12.8. The average Bonchev–Trinajstić information content (AvgIpc) is 3.29. The van der Waals surface area contributed by atoms with Crippen molar-refractivity contribution in [3.05, 3.63) is 48.6 Å². The van der Waals surface area contributed by atoms with Gasteiger partial charge in [0, 0.05) is 42.5 Å². The van der Waals surface area contributed by atoms with Crippen molar-refractivity contribution in [2.75, 3.05) is 69.1 Å². The quantitative estimate of drug-likeness (QED) is 0.0260. The summed E-state index contributed by atoms with van der Waals surface area (Å²) < 4.78 is 11.2. The minimum atomic E-state index is 0.00193. The van der Waals surface area contributed by atoms with E-state index < -0.39 is 0 Å². The number of rotatable bonds is 42. The number of carbonyl (C=O) groups is 2. The van der Waals surface area contributed by atoms with Crippen molar-refractivity contribution >= 4 is 35.5 Å². The topological polar surface area (TPSA) is 59.1 Å². The number of hydrogen-bond acceptors (Lipinski definition) is 8. The van der Waals surface area contributed by atoms with Gasteiger partial charge in [-0.1, -0.05) is 127 Å². The monoisotopic (exact) mass is 915 g/mol. The summed E-state index contributed by atoms with van der Waals surface area (Å²) in [7, 11) is 0. The van der Waals surface area contributed by atoms with Gasteiger partial charge >= 0.3 is 11.9 Å². The Labute approximate surface area is 398 Å². The zero-order chi connectivity index (χ0) is 44.9. The van der Waals surface area contributed by atoms with Gasteiger partial charge in [0.05, 0.1) is 13.2 Å². The molecule has 0 bridgehead atoms. The molecule has 0 aromatic rings. The summed E-state index contributed by atoms with van der Waals surface area (Å²) in [6.07, 6.45) is 53.1. The second kappa shape index (κ2) is 44.4. The summed E-state index contributed by atoms with van der Waals surface area (Å²) >= 11 is 4.18. The second-order valence-corrected chi connectivity index (χ2v) is 21.1. The summed E-state index contributed by atoms with van der Waals surface area (Å²) in [4.78, 5) is 29.8. The number of unbranched alkanes of at least 4 members (excludes halogenated alkanes) is 16. The third-order valence-electron chi connectivity index (χ3n) is 12.9. The molecule has 0 unspecified atom stereocenters. The Morgan fingerprint density at radius 3 is 1.21 bits per heavy atom. The third-order valence-corrected chi connectivity index (χ3v) is 15.2. The minimum Gasteiger partial charge on any atom is -0.466 e. The van der Waals surface area contributed by atoms with Gasteiger partial charge in [-0.25, -0.2) is 0 Å². The molecule has 63 heavy (non-hydrogen) atoms. The normalized spacial score (nSPS) is 16.2. The molecule has 0 spiro atoms. The molecule has 2 heterocycles. The van der Waals surface area contributed by atoms with Crippen molar-refractivity contribution in [3.8, 4) is 0 Å². The van der Waals surface area contributed by atoms with E-state index in [1.165, 1.54) is 184 Å². The number of likely N-dealkylation sites (tertiary alicyclic amines) is 2. The van der Waals surface area contributed by atoms with E-state index in [0.29, 0.717) is 37.9 Å². The number of hydrogen-bond donors (Lipinski definition) is 0. The Morgan fingerprint density at radius 1 is 0.476 bits per heavy atom. The molecule has 0 aromatic heterocycles. The van der Waals surface area contributed by atoms with Gasteiger partial charge in [-0.05, 0) is 154 Å². The number of ether oxygens (including phenoxy) is 2. The minimum absolute atomic E-state index is 0.00193. The highest BCUT2D eigenvalue weighted by molar-refractivity contribution is 8.16. The lowest BCUT2D eigenvalue weighted by Gasteiger charge is -2.32. The summed E-state index contributed by atoms with van der Waals surface area (Å²) in [5, 5.41) is 1.19. The van der Waals surface area contributed by atoms with Crippen molar-refractivity contribution in [2.24, 2.45) is 11.8 Å². The maximum atomic E-state index is 12.2. The zero-order valence-corrected chi connectivity index (χ0v) is 42.7. The lowest BCUT2D eigenvalue weighted by Crippen LogP contribution is -2.35. The van der Waals surface area contributed by atoms with Crippen LogP contribution in [0.3, 0.4) is 0 Å². The highest BCUT2D eigenvalue weighted by Gasteiger charge is 2.20. The van der Waals surface area contributed by atoms with E-state index in [-0.39, 0.29) is 11.9 Å². The molecule has 6 nitrogen and oxygen atoms in total. The van der Waals surface area contributed by atoms with Crippen LogP contribution in [0.2, 0.25) is 0 Å². The van der Waals surface area contributed by atoms with Crippen LogP contribution in [0.5, 0.6) is 0 Å². The van der Waals surface area contributed by atoms with Crippen LogP contribution < -0.4 is 0 Å². The molecule has 2 aliphatic rings. The number of esters is 2. The van der Waals surface area contributed by atoms with Crippen LogP contribution in [0.4, 0.5) is 0 Å². The van der Waals surface area contributed by atoms with E-state index in [2.05, 4.69) is 95.8 Å². The summed E-state index contributed by atoms with van der Waals surface area (Å²) in [5.74, 6) is 3.84. The van der Waals surface area contributed by atoms with Crippen LogP contribution in [0, 0.1) is 11.8 Å². The van der Waals surface area contributed by atoms with E-state index in [1.54, 1.807) is 0 Å². The van der Waals surface area contributed by atoms with Gasteiger partial charge in [0.2, 0.25) is 0 Å². The van der Waals surface area contributed by atoms with Crippen LogP contribution in [0.1, 0.15) is 206 Å². The molecule has 2 aliphatic heterocycles. The Balaban J connectivity index is 1.29. The molecule has 364 valence electrons. The van der Waals surface area contributed by atoms with Crippen LogP contribution in [0.25, 0.3) is 0 Å². The molecular formula is C55H98N2O4S2. The average molecular weight is 916 g/mol. The molecule has 8 heteroatoms. The SMILES string of the molecule is CCCCC/C=C\C/C=C\CCCCCCCC(=O)OCCC1CCN(CCSCSCCN2CCC(CCOC(=O)CCCCCCC/C=C\C/C=C\CCCCC)CC2)CC1. The fourth-order valence-electron chi connectivity index (χ4n) is 8.55. The molecule has 0 radical (unpaired) electrons. The van der Waals surface area contributed by atoms with Crippen molar-refractivity contribution < 1.29 is 19.1 Å². The van der Waals surface area contributed by atoms with Gasteiger partial charge in [-0.2, -0.15) is 0 Å². The van der Waals surface area contributed by atoms with Crippen LogP contribution in [0.15, 0.2) is 48.6 Å². The van der Waals surface area contributed by atoms with Gasteiger partial charge in [-0.3, -0.25) is 9.59 Å². The van der Waals surface area contributed by atoms with Gasteiger partial charge in [0.15, 0.2) is 0 Å². The Morgan fingerprint density at radius 2 is 0.825 bits per heavy atom. The van der Waals surface area contributed by atoms with E-state index in [0.717, 1.165) is 51.4 Å². The first kappa shape index (κ1) is 57.6. The van der Waals surface area contributed by atoms with Crippen LogP contribution in [-0.2, 0) is 19.1 Å². The number of thioether (sulfide) groups is 2. The first-order valence-corrected chi connectivity index (χ1v) is 28.9. The Bertz CT molecular complexity index is 1070. The molecule has 0 atom stereocenters. The predicted molar refractivity (Wildman–Crippen MR) is 278 cm³/mol. The van der Waals surface area contributed by atoms with Gasteiger partial charge in [0.25, 0.3) is 0 Å². The number of nitrogens with zero attached hydrogens (tertiary/aromatic N) is 2. The lowest BCUT2D eigenvalue weighted by molar-refractivity contribution is -0.145. The molecule has 2 rings (SSSR count). The van der Waals surface area contributed by atoms with Gasteiger partial charge < -0.3 is 19.3 Å². The van der Waals surface area contributed by atoms with Crippen molar-refractivity contribution in [1.29, 1.82) is 0 Å². The first-order valence-electron chi connectivity index (χ1n) is 26.6. The maximum absolute atomic E-state index is 12.2. The van der Waals surface area contributed by atoms with Crippen molar-refractivity contribution in [3.63, 3.8) is 0 Å². The number of allylic oxidation sites excluding steroid dienone is 8. The van der Waals surface area contributed by atoms with Crippen LogP contribution >= 0.6 is 23.5 Å². The van der Waals surface area contributed by atoms with Crippen molar-refractivity contribution in [2.45, 2.75) is 206 Å². The zero-order valence-electron chi connectivity index (χ0n) is 41.1. The maximum Gasteiger partial charge on any atom is 0.305 e. The molecular weight excluding hydrogens is 817 g/mol. The van der Waals surface area contributed by atoms with E-state index >= 15 is 0 Å². The lowest BCUT2D eigenvalue weighted by atomic mass is 9.94. The highest BCUT2D eigenvalue weighted by atomic mass is 32.2. The fourth-order valence-corrected chi connectivity index (χ4v) is 10.7. The van der Waals surface area contributed by atoms with Crippen LogP contribution in [-0.4, -0.2) is 90.8 Å². The summed E-state index contributed by atoms with van der Waals surface area (Å²) in [6, 6.07) is 0. The number of carbonyl (C=O) groups excluding carboxylic acids is 2. The van der Waals surface area contributed by atoms with Gasteiger partial charge in [0.1, 0.15) is 0 Å². The first-order chi connectivity index (χ1) is 31.1. The predicted octanol–water partition coefficient (Wildman–Crippen LogP) is 15.3. The fraction of sp³-hybridized carbons (Fsp3) is 0.818. The summed E-state index contributed by atoms with van der Waals surface area (Å²) in [5.41, 5.74) is 0. The largest absolute Gasteiger partial charge is 0.466 e. The molecule has 0 N–H and O–H groups in total. The molecule has 2 fully saturated rings. The highest BCUT2D eigenvalue weighted by Crippen LogP contribution is 2.23. The van der Waals surface area contributed by atoms with Gasteiger partial charge in [-0.15, -0.1) is 23.5 Å². The van der Waals surface area contributed by atoms with E-state index in [9.17, 15) is 9.59 Å². The standard InChI is InChI=1S/C55H98N2O4S2/c1-3-5-7-9-11-13-15-17-19-21-23-25-27-29-31-33-54(58)60-47-39-52-35-41-56(42-36-52)45-49-62-51-63-50-46-57-43-37-53(38-44-57)40-48-61-55(59)34-32-30-28-26-24-22-20-18-16-14-12-10-8-6-4-2/h11-14,17-20,52-53H,3-10,15-16,21-51H2,1-2H3/b13-11-,14-12-,19-17-,20-18-. The Hall–Kier alpha value is -1.48. The third kappa shape index (κ3) is 37.3. The second-order valence-electron chi connectivity index (χ2n) is 18.5. The molecule has 2 saturated heterocycles. The Kier molecular flexibility index (Phi) is 40.6. The molecule has 0 aromatic carbocycles. The molecule has 0 saturated carbocycles. The number of piperidine rings is 2. The van der Waals surface area contributed by atoms with Crippen molar-refractivity contribution in [1.82, 2.24) is 9.80 Å². The van der Waals surface area contributed by atoms with E-state index in [1.807, 2.05) is 0 Å².